The molecule has 82 valence electrons. The van der Waals surface area contributed by atoms with E-state index < -0.39 is 11.4 Å². The first kappa shape index (κ1) is 10.7. The summed E-state index contributed by atoms with van der Waals surface area (Å²) in [4.78, 5) is 11.4. The molecule has 1 aromatic rings. The molecule has 0 aliphatic heterocycles. The fourth-order valence-electron chi connectivity index (χ4n) is 1.96. The summed E-state index contributed by atoms with van der Waals surface area (Å²) < 4.78 is 0. The molecule has 0 spiro atoms. The molecule has 2 rings (SSSR count). The van der Waals surface area contributed by atoms with Gasteiger partial charge < -0.3 is 5.11 Å². The molecule has 16 heavy (non-hydrogen) atoms. The lowest BCUT2D eigenvalue weighted by Gasteiger charge is -2.24. The second kappa shape index (κ2) is 4.35. The average Bonchev–Trinajstić information content (AvgIpc) is 2.31. The van der Waals surface area contributed by atoms with Gasteiger partial charge in [-0.15, -0.1) is 0 Å². The molecule has 2 heteroatoms. The van der Waals surface area contributed by atoms with Gasteiger partial charge in [0.15, 0.2) is 0 Å². The Labute approximate surface area is 94.9 Å². The van der Waals surface area contributed by atoms with Crippen molar-refractivity contribution in [3.05, 3.63) is 60.2 Å². The highest BCUT2D eigenvalue weighted by Gasteiger charge is 2.33. The number of allylic oxidation sites excluding steroid dienone is 2. The van der Waals surface area contributed by atoms with Crippen molar-refractivity contribution in [2.24, 2.45) is 5.41 Å². The summed E-state index contributed by atoms with van der Waals surface area (Å²) in [5.41, 5.74) is 0.181. The number of hydrogen-bond donors (Lipinski definition) is 1. The average molecular weight is 214 g/mol. The van der Waals surface area contributed by atoms with Gasteiger partial charge in [-0.1, -0.05) is 54.6 Å². The maximum atomic E-state index is 11.4. The van der Waals surface area contributed by atoms with Crippen LogP contribution in [-0.2, 0) is 11.2 Å². The Morgan fingerprint density at radius 1 is 1.19 bits per heavy atom. The maximum absolute atomic E-state index is 11.4. The molecule has 1 N–H and O–H groups in total. The molecule has 2 nitrogen and oxygen atoms in total. The molecule has 0 heterocycles. The van der Waals surface area contributed by atoms with E-state index in [-0.39, 0.29) is 0 Å². The Balaban J connectivity index is 2.28. The quantitative estimate of drug-likeness (QED) is 0.785. The van der Waals surface area contributed by atoms with Gasteiger partial charge in [-0.3, -0.25) is 4.79 Å². The summed E-state index contributed by atoms with van der Waals surface area (Å²) in [6, 6.07) is 9.72. The van der Waals surface area contributed by atoms with Crippen molar-refractivity contribution in [2.45, 2.75) is 12.8 Å². The van der Waals surface area contributed by atoms with Gasteiger partial charge in [0.2, 0.25) is 0 Å². The molecule has 0 unspecified atom stereocenters. The van der Waals surface area contributed by atoms with Crippen LogP contribution in [0, 0.1) is 5.41 Å². The minimum Gasteiger partial charge on any atom is -0.480 e. The summed E-state index contributed by atoms with van der Waals surface area (Å²) >= 11 is 0. The largest absolute Gasteiger partial charge is 0.480 e. The van der Waals surface area contributed by atoms with Crippen LogP contribution in [-0.4, -0.2) is 11.1 Å². The van der Waals surface area contributed by atoms with Crippen LogP contribution in [0.5, 0.6) is 0 Å². The van der Waals surface area contributed by atoms with E-state index in [1.807, 2.05) is 42.5 Å². The summed E-state index contributed by atoms with van der Waals surface area (Å²) in [5.74, 6) is -0.788. The third kappa shape index (κ3) is 2.06. The molecule has 0 fully saturated rings. The lowest BCUT2D eigenvalue weighted by atomic mass is 9.79. The van der Waals surface area contributed by atoms with Crippen molar-refractivity contribution in [3.63, 3.8) is 0 Å². The summed E-state index contributed by atoms with van der Waals surface area (Å²) in [6.45, 7) is 0. The zero-order valence-electron chi connectivity index (χ0n) is 8.97. The van der Waals surface area contributed by atoms with Gasteiger partial charge in [0, 0.05) is 0 Å². The molecular weight excluding hydrogens is 200 g/mol. The first-order valence-corrected chi connectivity index (χ1v) is 5.36. The molecule has 0 saturated heterocycles. The monoisotopic (exact) mass is 214 g/mol. The number of hydrogen-bond acceptors (Lipinski definition) is 1. The minimum atomic E-state index is -0.862. The van der Waals surface area contributed by atoms with Crippen LogP contribution < -0.4 is 0 Å². The van der Waals surface area contributed by atoms with Crippen LogP contribution in [0.1, 0.15) is 12.0 Å². The van der Waals surface area contributed by atoms with Gasteiger partial charge >= 0.3 is 5.97 Å². The van der Waals surface area contributed by atoms with E-state index in [2.05, 4.69) is 0 Å². The summed E-state index contributed by atoms with van der Waals surface area (Å²) in [6.07, 6.45) is 8.75. The van der Waals surface area contributed by atoms with E-state index in [0.29, 0.717) is 6.42 Å². The van der Waals surface area contributed by atoms with E-state index in [1.165, 1.54) is 0 Å². The Morgan fingerprint density at radius 3 is 2.38 bits per heavy atom. The lowest BCUT2D eigenvalue weighted by molar-refractivity contribution is -0.143. The highest BCUT2D eigenvalue weighted by atomic mass is 16.4. The van der Waals surface area contributed by atoms with E-state index in [4.69, 9.17) is 0 Å². The molecule has 0 saturated carbocycles. The van der Waals surface area contributed by atoms with Crippen LogP contribution in [0.2, 0.25) is 0 Å². The number of aliphatic carboxylic acids is 1. The maximum Gasteiger partial charge on any atom is 0.317 e. The molecule has 0 amide bonds. The number of carboxylic acids is 1. The molecule has 0 atom stereocenters. The molecule has 1 aliphatic rings. The fourth-order valence-corrected chi connectivity index (χ4v) is 1.96. The first-order chi connectivity index (χ1) is 7.73. The molecule has 1 aromatic carbocycles. The first-order valence-electron chi connectivity index (χ1n) is 5.36. The third-order valence-electron chi connectivity index (χ3n) is 2.84. The zero-order valence-corrected chi connectivity index (χ0v) is 8.97. The fraction of sp³-hybridized carbons (Fsp3) is 0.214. The second-order valence-electron chi connectivity index (χ2n) is 4.05. The highest BCUT2D eigenvalue weighted by molar-refractivity contribution is 5.80. The number of carboxylic acid groups (broad SMARTS) is 1. The Morgan fingerprint density at radius 2 is 1.81 bits per heavy atom. The van der Waals surface area contributed by atoms with Crippen molar-refractivity contribution in [1.82, 2.24) is 0 Å². The third-order valence-corrected chi connectivity index (χ3v) is 2.84. The Hall–Kier alpha value is -1.83. The van der Waals surface area contributed by atoms with Crippen molar-refractivity contribution >= 4 is 5.97 Å². The predicted octanol–water partition coefficient (Wildman–Crippen LogP) is 2.82. The SMILES string of the molecule is O=C(O)C1(Cc2ccccc2)C=CCC=C1. The van der Waals surface area contributed by atoms with E-state index in [1.54, 1.807) is 12.2 Å². The Bertz CT molecular complexity index is 417. The van der Waals surface area contributed by atoms with E-state index in [9.17, 15) is 9.90 Å². The van der Waals surface area contributed by atoms with Gasteiger partial charge in [-0.05, 0) is 18.4 Å². The number of benzene rings is 1. The van der Waals surface area contributed by atoms with E-state index in [0.717, 1.165) is 12.0 Å². The second-order valence-corrected chi connectivity index (χ2v) is 4.05. The van der Waals surface area contributed by atoms with Gasteiger partial charge in [-0.25, -0.2) is 0 Å². The highest BCUT2D eigenvalue weighted by Crippen LogP contribution is 2.30. The van der Waals surface area contributed by atoms with Gasteiger partial charge in [-0.2, -0.15) is 0 Å². The predicted molar refractivity (Wildman–Crippen MR) is 63.1 cm³/mol. The molecule has 0 bridgehead atoms. The van der Waals surface area contributed by atoms with Crippen LogP contribution >= 0.6 is 0 Å². The van der Waals surface area contributed by atoms with Crippen LogP contribution in [0.4, 0.5) is 0 Å². The lowest BCUT2D eigenvalue weighted by Crippen LogP contribution is -2.30. The standard InChI is InChI=1S/C14H14O2/c15-13(16)14(9-5-2-6-10-14)11-12-7-3-1-4-8-12/h1,3-10H,2,11H2,(H,15,16). The topological polar surface area (TPSA) is 37.3 Å². The van der Waals surface area contributed by atoms with Gasteiger partial charge in [0.25, 0.3) is 0 Å². The Kier molecular flexibility index (Phi) is 2.91. The van der Waals surface area contributed by atoms with Crippen molar-refractivity contribution in [2.75, 3.05) is 0 Å². The summed E-state index contributed by atoms with van der Waals surface area (Å²) in [5, 5.41) is 9.35. The molecule has 1 aliphatic carbocycles. The minimum absolute atomic E-state index is 0.510. The molecule has 0 radical (unpaired) electrons. The van der Waals surface area contributed by atoms with E-state index >= 15 is 0 Å². The molecular formula is C14H14O2. The molecule has 0 aromatic heterocycles. The van der Waals surface area contributed by atoms with Crippen molar-refractivity contribution in [3.8, 4) is 0 Å². The number of carbonyl (C=O) groups is 1. The zero-order chi connectivity index (χ0) is 11.4. The van der Waals surface area contributed by atoms with Crippen LogP contribution in [0.25, 0.3) is 0 Å². The van der Waals surface area contributed by atoms with Gasteiger partial charge in [0.05, 0.1) is 0 Å². The van der Waals surface area contributed by atoms with Crippen LogP contribution in [0.3, 0.4) is 0 Å². The summed E-state index contributed by atoms with van der Waals surface area (Å²) in [7, 11) is 0. The normalized spacial score (nSPS) is 17.2. The smallest absolute Gasteiger partial charge is 0.317 e. The van der Waals surface area contributed by atoms with Gasteiger partial charge in [0.1, 0.15) is 5.41 Å². The van der Waals surface area contributed by atoms with Crippen molar-refractivity contribution in [1.29, 1.82) is 0 Å². The van der Waals surface area contributed by atoms with Crippen molar-refractivity contribution < 1.29 is 9.90 Å². The van der Waals surface area contributed by atoms with Crippen LogP contribution in [0.15, 0.2) is 54.6 Å². The number of rotatable bonds is 3.